The van der Waals surface area contributed by atoms with Crippen molar-refractivity contribution in [2.24, 2.45) is 11.7 Å². The molecule has 0 bridgehead atoms. The summed E-state index contributed by atoms with van der Waals surface area (Å²) in [6.07, 6.45) is 1.92. The lowest BCUT2D eigenvalue weighted by molar-refractivity contribution is 0.0917. The first-order valence-corrected chi connectivity index (χ1v) is 6.10. The number of carbonyl (C=O) groups excluding carboxylic acids is 1. The van der Waals surface area contributed by atoms with Crippen LogP contribution in [0.15, 0.2) is 30.3 Å². The Morgan fingerprint density at radius 3 is 2.47 bits per heavy atom. The highest BCUT2D eigenvalue weighted by Crippen LogP contribution is 2.33. The molecule has 1 aromatic carbocycles. The average molecular weight is 268 g/mol. The molecule has 80 valence electrons. The molecule has 2 N–H and O–H groups in total. The van der Waals surface area contributed by atoms with Crippen molar-refractivity contribution in [2.45, 2.75) is 23.7 Å². The zero-order valence-electron chi connectivity index (χ0n) is 8.40. The van der Waals surface area contributed by atoms with Crippen LogP contribution in [0.1, 0.15) is 23.2 Å². The Morgan fingerprint density at radius 2 is 1.93 bits per heavy atom. The van der Waals surface area contributed by atoms with Gasteiger partial charge in [0, 0.05) is 22.4 Å². The normalized spacial score (nSPS) is 30.4. The van der Waals surface area contributed by atoms with Crippen molar-refractivity contribution in [3.8, 4) is 0 Å². The van der Waals surface area contributed by atoms with Crippen LogP contribution in [-0.2, 0) is 0 Å². The Morgan fingerprint density at radius 1 is 1.27 bits per heavy atom. The molecule has 1 aromatic rings. The molecule has 3 heteroatoms. The van der Waals surface area contributed by atoms with Gasteiger partial charge >= 0.3 is 0 Å². The molecule has 15 heavy (non-hydrogen) atoms. The zero-order chi connectivity index (χ0) is 10.8. The van der Waals surface area contributed by atoms with Gasteiger partial charge in [0.15, 0.2) is 5.78 Å². The predicted molar refractivity (Wildman–Crippen MR) is 64.2 cm³/mol. The Kier molecular flexibility index (Phi) is 3.22. The van der Waals surface area contributed by atoms with E-state index in [-0.39, 0.29) is 22.6 Å². The first kappa shape index (κ1) is 10.8. The molecule has 3 atom stereocenters. The highest BCUT2D eigenvalue weighted by molar-refractivity contribution is 9.09. The van der Waals surface area contributed by atoms with Crippen molar-refractivity contribution in [3.05, 3.63) is 35.9 Å². The second kappa shape index (κ2) is 4.45. The smallest absolute Gasteiger partial charge is 0.168 e. The van der Waals surface area contributed by atoms with E-state index in [0.717, 1.165) is 18.4 Å². The number of ketones is 1. The molecule has 0 amide bonds. The maximum Gasteiger partial charge on any atom is 0.168 e. The third-order valence-corrected chi connectivity index (χ3v) is 4.02. The maximum absolute atomic E-state index is 12.2. The fourth-order valence-electron chi connectivity index (χ4n) is 2.13. The largest absolute Gasteiger partial charge is 0.327 e. The maximum atomic E-state index is 12.2. The van der Waals surface area contributed by atoms with Crippen LogP contribution in [0.2, 0.25) is 0 Å². The predicted octanol–water partition coefficient (Wildman–Crippen LogP) is 2.37. The summed E-state index contributed by atoms with van der Waals surface area (Å²) in [4.78, 5) is 12.4. The molecule has 0 spiro atoms. The van der Waals surface area contributed by atoms with Gasteiger partial charge in [0.05, 0.1) is 0 Å². The van der Waals surface area contributed by atoms with Crippen molar-refractivity contribution >= 4 is 21.7 Å². The van der Waals surface area contributed by atoms with E-state index in [1.165, 1.54) is 0 Å². The van der Waals surface area contributed by atoms with Crippen molar-refractivity contribution in [3.63, 3.8) is 0 Å². The highest BCUT2D eigenvalue weighted by atomic mass is 79.9. The molecule has 0 saturated heterocycles. The first-order valence-electron chi connectivity index (χ1n) is 5.19. The zero-order valence-corrected chi connectivity index (χ0v) is 9.98. The van der Waals surface area contributed by atoms with E-state index in [2.05, 4.69) is 15.9 Å². The fraction of sp³-hybridized carbons (Fsp3) is 0.417. The number of hydrogen-bond acceptors (Lipinski definition) is 2. The number of carbonyl (C=O) groups is 1. The Labute approximate surface area is 98.0 Å². The summed E-state index contributed by atoms with van der Waals surface area (Å²) in [7, 11) is 0. The molecular weight excluding hydrogens is 254 g/mol. The number of alkyl halides is 1. The molecule has 2 rings (SSSR count). The number of nitrogens with two attached hydrogens (primary N) is 1. The Bertz CT molecular complexity index is 342. The molecule has 3 unspecified atom stereocenters. The summed E-state index contributed by atoms with van der Waals surface area (Å²) in [5, 5.41) is 0. The van der Waals surface area contributed by atoms with Crippen molar-refractivity contribution in [1.29, 1.82) is 0 Å². The standard InChI is InChI=1S/C12H14BrNO/c13-9-6-7-10(14)11(9)12(15)8-4-2-1-3-5-8/h1-5,9-11H,6-7,14H2. The molecule has 1 fully saturated rings. The van der Waals surface area contributed by atoms with Gasteiger partial charge in [-0.1, -0.05) is 46.3 Å². The number of hydrogen-bond donors (Lipinski definition) is 1. The molecule has 1 aliphatic carbocycles. The van der Waals surface area contributed by atoms with Crippen molar-refractivity contribution in [2.75, 3.05) is 0 Å². The highest BCUT2D eigenvalue weighted by Gasteiger charge is 2.37. The summed E-state index contributed by atoms with van der Waals surface area (Å²) < 4.78 is 0. The average Bonchev–Trinajstić information content (AvgIpc) is 2.59. The van der Waals surface area contributed by atoms with Gasteiger partial charge in [0.1, 0.15) is 0 Å². The van der Waals surface area contributed by atoms with E-state index in [1.54, 1.807) is 0 Å². The Hall–Kier alpha value is -0.670. The quantitative estimate of drug-likeness (QED) is 0.661. The van der Waals surface area contributed by atoms with Crippen LogP contribution in [0.25, 0.3) is 0 Å². The van der Waals surface area contributed by atoms with Crippen LogP contribution in [0.4, 0.5) is 0 Å². The van der Waals surface area contributed by atoms with E-state index < -0.39 is 0 Å². The van der Waals surface area contributed by atoms with Gasteiger partial charge in [-0.05, 0) is 12.8 Å². The van der Waals surface area contributed by atoms with Gasteiger partial charge in [-0.15, -0.1) is 0 Å². The van der Waals surface area contributed by atoms with Crippen molar-refractivity contribution < 1.29 is 4.79 Å². The second-order valence-electron chi connectivity index (χ2n) is 4.01. The molecule has 0 heterocycles. The molecule has 1 aliphatic rings. The summed E-state index contributed by atoms with van der Waals surface area (Å²) >= 11 is 3.54. The lowest BCUT2D eigenvalue weighted by atomic mass is 9.93. The van der Waals surface area contributed by atoms with E-state index in [9.17, 15) is 4.79 Å². The molecule has 1 saturated carbocycles. The SMILES string of the molecule is NC1CCC(Br)C1C(=O)c1ccccc1. The van der Waals surface area contributed by atoms with Crippen LogP contribution < -0.4 is 5.73 Å². The van der Waals surface area contributed by atoms with Crippen LogP contribution in [-0.4, -0.2) is 16.7 Å². The summed E-state index contributed by atoms with van der Waals surface area (Å²) in [6, 6.07) is 9.40. The van der Waals surface area contributed by atoms with Gasteiger partial charge in [-0.3, -0.25) is 4.79 Å². The topological polar surface area (TPSA) is 43.1 Å². The number of Topliss-reactive ketones (excluding diaryl/α,β-unsaturated/α-hetero) is 1. The minimum atomic E-state index is -0.0626. The first-order chi connectivity index (χ1) is 7.20. The van der Waals surface area contributed by atoms with Crippen LogP contribution in [0, 0.1) is 5.92 Å². The minimum absolute atomic E-state index is 0.00193. The minimum Gasteiger partial charge on any atom is -0.327 e. The van der Waals surface area contributed by atoms with E-state index >= 15 is 0 Å². The van der Waals surface area contributed by atoms with Crippen LogP contribution in [0.3, 0.4) is 0 Å². The summed E-state index contributed by atoms with van der Waals surface area (Å²) in [5.74, 6) is 0.106. The summed E-state index contributed by atoms with van der Waals surface area (Å²) in [5.41, 5.74) is 6.72. The van der Waals surface area contributed by atoms with Gasteiger partial charge in [-0.2, -0.15) is 0 Å². The van der Waals surface area contributed by atoms with Gasteiger partial charge < -0.3 is 5.73 Å². The van der Waals surface area contributed by atoms with Gasteiger partial charge in [0.25, 0.3) is 0 Å². The summed E-state index contributed by atoms with van der Waals surface area (Å²) in [6.45, 7) is 0. The lowest BCUT2D eigenvalue weighted by Crippen LogP contribution is -2.34. The number of benzene rings is 1. The molecule has 0 radical (unpaired) electrons. The van der Waals surface area contributed by atoms with Crippen LogP contribution in [0.5, 0.6) is 0 Å². The lowest BCUT2D eigenvalue weighted by Gasteiger charge is -2.17. The van der Waals surface area contributed by atoms with Gasteiger partial charge in [-0.25, -0.2) is 0 Å². The van der Waals surface area contributed by atoms with E-state index in [0.29, 0.717) is 0 Å². The second-order valence-corrected chi connectivity index (χ2v) is 5.19. The van der Waals surface area contributed by atoms with E-state index in [1.807, 2.05) is 30.3 Å². The number of halogens is 1. The molecule has 0 aliphatic heterocycles. The van der Waals surface area contributed by atoms with E-state index in [4.69, 9.17) is 5.73 Å². The molecular formula is C12H14BrNO. The fourth-order valence-corrected chi connectivity index (χ4v) is 3.03. The third-order valence-electron chi connectivity index (χ3n) is 2.99. The third kappa shape index (κ3) is 2.13. The number of rotatable bonds is 2. The van der Waals surface area contributed by atoms with Crippen molar-refractivity contribution in [1.82, 2.24) is 0 Å². The Balaban J connectivity index is 2.21. The molecule has 0 aromatic heterocycles. The monoisotopic (exact) mass is 267 g/mol. The van der Waals surface area contributed by atoms with Gasteiger partial charge in [0.2, 0.25) is 0 Å². The molecule has 2 nitrogen and oxygen atoms in total. The van der Waals surface area contributed by atoms with Crippen LogP contribution >= 0.6 is 15.9 Å².